The summed E-state index contributed by atoms with van der Waals surface area (Å²) in [6.07, 6.45) is 10.3. The van der Waals surface area contributed by atoms with Crippen molar-refractivity contribution in [2.45, 2.75) is 57.5 Å². The summed E-state index contributed by atoms with van der Waals surface area (Å²) in [4.78, 5) is 37.8. The highest BCUT2D eigenvalue weighted by atomic mass is 16.6. The van der Waals surface area contributed by atoms with Crippen LogP contribution in [0.5, 0.6) is 0 Å². The van der Waals surface area contributed by atoms with Gasteiger partial charge in [0.15, 0.2) is 0 Å². The Hall–Kier alpha value is -1.45. The molecule has 0 saturated heterocycles. The number of hydrogen-bond acceptors (Lipinski definition) is 4. The van der Waals surface area contributed by atoms with E-state index in [0.717, 1.165) is 38.5 Å². The fraction of sp³-hybridized carbons (Fsp3) is 0.762. The largest absolute Gasteiger partial charge is 0.459 e. The minimum atomic E-state index is -0.258. The van der Waals surface area contributed by atoms with Gasteiger partial charge in [-0.15, -0.1) is 0 Å². The molecule has 0 heterocycles. The molecule has 4 fully saturated rings. The monoisotopic (exact) mass is 342 g/mol. The number of esters is 1. The summed E-state index contributed by atoms with van der Waals surface area (Å²) >= 11 is 0. The molecular formula is C21H26O4. The van der Waals surface area contributed by atoms with Gasteiger partial charge in [-0.05, 0) is 56.3 Å². The lowest BCUT2D eigenvalue weighted by atomic mass is 9.69. The van der Waals surface area contributed by atoms with Gasteiger partial charge in [-0.3, -0.25) is 14.4 Å². The van der Waals surface area contributed by atoms with Crippen molar-refractivity contribution < 1.29 is 19.1 Å². The Morgan fingerprint density at radius 2 is 1.80 bits per heavy atom. The number of fused-ring (bicyclic) bond motifs is 9. The summed E-state index contributed by atoms with van der Waals surface area (Å²) in [7, 11) is 0. The topological polar surface area (TPSA) is 60.4 Å². The minimum absolute atomic E-state index is 0.00307. The van der Waals surface area contributed by atoms with Gasteiger partial charge in [-0.25, -0.2) is 0 Å². The Morgan fingerprint density at radius 3 is 2.48 bits per heavy atom. The van der Waals surface area contributed by atoms with Crippen LogP contribution in [-0.4, -0.2) is 23.1 Å². The summed E-state index contributed by atoms with van der Waals surface area (Å²) in [5, 5.41) is 0. The number of ether oxygens (including phenoxy) is 1. The maximum Gasteiger partial charge on any atom is 0.306 e. The maximum atomic E-state index is 12.8. The molecule has 5 aliphatic rings. The van der Waals surface area contributed by atoms with Gasteiger partial charge in [-0.1, -0.05) is 19.1 Å². The van der Waals surface area contributed by atoms with E-state index in [1.165, 1.54) is 0 Å². The van der Waals surface area contributed by atoms with Crippen molar-refractivity contribution in [3.05, 3.63) is 12.2 Å². The second kappa shape index (κ2) is 5.28. The number of ketones is 2. The zero-order valence-electron chi connectivity index (χ0n) is 14.8. The smallest absolute Gasteiger partial charge is 0.306 e. The molecule has 4 nitrogen and oxygen atoms in total. The zero-order chi connectivity index (χ0) is 17.3. The Morgan fingerprint density at radius 1 is 1.12 bits per heavy atom. The molecule has 0 amide bonds. The summed E-state index contributed by atoms with van der Waals surface area (Å²) in [6, 6.07) is 0. The molecule has 5 rings (SSSR count). The van der Waals surface area contributed by atoms with Gasteiger partial charge in [0.1, 0.15) is 17.2 Å². The summed E-state index contributed by atoms with van der Waals surface area (Å²) < 4.78 is 5.92. The van der Waals surface area contributed by atoms with Crippen molar-refractivity contribution in [1.82, 2.24) is 0 Å². The average molecular weight is 342 g/mol. The molecule has 0 N–H and O–H groups in total. The third-order valence-electron chi connectivity index (χ3n) is 8.01. The first-order chi connectivity index (χ1) is 12.0. The lowest BCUT2D eigenvalue weighted by Gasteiger charge is -2.34. The number of rotatable bonds is 4. The van der Waals surface area contributed by atoms with Gasteiger partial charge in [-0.2, -0.15) is 0 Å². The fourth-order valence-electron chi connectivity index (χ4n) is 6.92. The van der Waals surface area contributed by atoms with E-state index < -0.39 is 0 Å². The van der Waals surface area contributed by atoms with Crippen LogP contribution in [0.25, 0.3) is 0 Å². The van der Waals surface area contributed by atoms with Crippen LogP contribution in [0.1, 0.15) is 51.9 Å². The first-order valence-corrected chi connectivity index (χ1v) is 10.0. The first kappa shape index (κ1) is 15.8. The third kappa shape index (κ3) is 2.03. The number of Topliss-reactive ketones (excluding diaryl/α,β-unsaturated/α-hetero) is 2. The molecule has 0 aromatic heterocycles. The standard InChI is InChI=1S/C21H26O4/c1-2-21(7-3-4-8-21)25-15(22)10-11-9-14-17-12-5-6-13(19(12)23)18(17)16(11)20(14)24/h5-6,11-14,16-18H,2-4,7-10H2,1H3. The van der Waals surface area contributed by atoms with Crippen LogP contribution < -0.4 is 0 Å². The van der Waals surface area contributed by atoms with E-state index in [1.807, 2.05) is 12.2 Å². The summed E-state index contributed by atoms with van der Waals surface area (Å²) in [5.74, 6) is 0.811. The van der Waals surface area contributed by atoms with Gasteiger partial charge in [0.05, 0.1) is 0 Å². The second-order valence-corrected chi connectivity index (χ2v) is 8.95. The molecule has 134 valence electrons. The zero-order valence-corrected chi connectivity index (χ0v) is 14.8. The molecular weight excluding hydrogens is 316 g/mol. The molecule has 0 aromatic carbocycles. The number of allylic oxidation sites excluding steroid dienone is 2. The van der Waals surface area contributed by atoms with Crippen LogP contribution in [-0.2, 0) is 19.1 Å². The predicted molar refractivity (Wildman–Crippen MR) is 90.4 cm³/mol. The first-order valence-electron chi connectivity index (χ1n) is 10.0. The quantitative estimate of drug-likeness (QED) is 0.447. The van der Waals surface area contributed by atoms with E-state index in [9.17, 15) is 14.4 Å². The molecule has 0 radical (unpaired) electrons. The fourth-order valence-corrected chi connectivity index (χ4v) is 6.92. The van der Waals surface area contributed by atoms with E-state index in [4.69, 9.17) is 4.74 Å². The number of carbonyl (C=O) groups is 3. The maximum absolute atomic E-state index is 12.8. The number of hydrogen-bond donors (Lipinski definition) is 0. The van der Waals surface area contributed by atoms with Crippen molar-refractivity contribution >= 4 is 17.5 Å². The Balaban J connectivity index is 1.31. The van der Waals surface area contributed by atoms with E-state index in [2.05, 4.69) is 6.92 Å². The lowest BCUT2D eigenvalue weighted by Crippen LogP contribution is -2.35. The highest BCUT2D eigenvalue weighted by Gasteiger charge is 2.68. The highest BCUT2D eigenvalue weighted by molar-refractivity contribution is 5.99. The second-order valence-electron chi connectivity index (χ2n) is 8.95. The normalized spacial score (nSPS) is 45.4. The number of carbonyl (C=O) groups excluding carboxylic acids is 3. The SMILES string of the molecule is CCC1(OC(=O)CC2CC3C(=O)C2C2C4C=CC(C4=O)C32)CCCC1. The Kier molecular flexibility index (Phi) is 3.33. The van der Waals surface area contributed by atoms with Crippen LogP contribution >= 0.6 is 0 Å². The molecule has 0 aliphatic heterocycles. The highest BCUT2D eigenvalue weighted by Crippen LogP contribution is 2.64. The molecule has 7 unspecified atom stereocenters. The van der Waals surface area contributed by atoms with E-state index in [-0.39, 0.29) is 53.0 Å². The van der Waals surface area contributed by atoms with Crippen LogP contribution in [0.3, 0.4) is 0 Å². The molecule has 0 aromatic rings. The molecule has 5 aliphatic carbocycles. The predicted octanol–water partition coefficient (Wildman–Crippen LogP) is 3.09. The van der Waals surface area contributed by atoms with Crippen molar-refractivity contribution in [3.63, 3.8) is 0 Å². The van der Waals surface area contributed by atoms with Crippen LogP contribution in [0.15, 0.2) is 12.2 Å². The van der Waals surface area contributed by atoms with Crippen molar-refractivity contribution in [1.29, 1.82) is 0 Å². The molecule has 4 bridgehead atoms. The van der Waals surface area contributed by atoms with Gasteiger partial charge >= 0.3 is 5.97 Å². The van der Waals surface area contributed by atoms with E-state index in [0.29, 0.717) is 18.0 Å². The van der Waals surface area contributed by atoms with Crippen LogP contribution in [0.2, 0.25) is 0 Å². The Labute approximate surface area is 148 Å². The van der Waals surface area contributed by atoms with Crippen molar-refractivity contribution in [2.75, 3.05) is 0 Å². The van der Waals surface area contributed by atoms with Crippen LogP contribution in [0, 0.1) is 41.4 Å². The van der Waals surface area contributed by atoms with E-state index in [1.54, 1.807) is 0 Å². The van der Waals surface area contributed by atoms with Gasteiger partial charge in [0, 0.05) is 30.1 Å². The average Bonchev–Trinajstić information content (AvgIpc) is 3.37. The molecule has 4 saturated carbocycles. The third-order valence-corrected chi connectivity index (χ3v) is 8.01. The molecule has 0 spiro atoms. The Bertz CT molecular complexity index is 671. The van der Waals surface area contributed by atoms with Gasteiger partial charge < -0.3 is 4.74 Å². The van der Waals surface area contributed by atoms with Gasteiger partial charge in [0.25, 0.3) is 0 Å². The molecule has 7 atom stereocenters. The lowest BCUT2D eigenvalue weighted by molar-refractivity contribution is -0.161. The molecule has 4 heteroatoms. The summed E-state index contributed by atoms with van der Waals surface area (Å²) in [6.45, 7) is 2.09. The van der Waals surface area contributed by atoms with E-state index >= 15 is 0 Å². The van der Waals surface area contributed by atoms with Crippen molar-refractivity contribution in [2.24, 2.45) is 41.4 Å². The van der Waals surface area contributed by atoms with Gasteiger partial charge in [0.2, 0.25) is 0 Å². The van der Waals surface area contributed by atoms with Crippen LogP contribution in [0.4, 0.5) is 0 Å². The summed E-state index contributed by atoms with van der Waals surface area (Å²) in [5.41, 5.74) is -0.258. The molecule has 25 heavy (non-hydrogen) atoms. The minimum Gasteiger partial charge on any atom is -0.459 e. The van der Waals surface area contributed by atoms with Crippen molar-refractivity contribution in [3.8, 4) is 0 Å².